The molecule has 0 fully saturated rings. The van der Waals surface area contributed by atoms with E-state index in [4.69, 9.17) is 4.84 Å². The van der Waals surface area contributed by atoms with E-state index in [-0.39, 0.29) is 11.1 Å². The number of carbonyl (C=O) groups is 1. The molecule has 0 radical (unpaired) electrons. The van der Waals surface area contributed by atoms with Crippen LogP contribution in [0.1, 0.15) is 36.5 Å². The molecular formula is C18H22F3N5O2S. The lowest BCUT2D eigenvalue weighted by atomic mass is 10.0. The molecule has 0 aliphatic heterocycles. The highest BCUT2D eigenvalue weighted by Crippen LogP contribution is 2.38. The van der Waals surface area contributed by atoms with E-state index in [1.807, 2.05) is 6.92 Å². The summed E-state index contributed by atoms with van der Waals surface area (Å²) in [5.74, 6) is 0. The van der Waals surface area contributed by atoms with E-state index in [1.165, 1.54) is 33.3 Å². The number of amides is 1. The number of benzene rings is 1. The van der Waals surface area contributed by atoms with E-state index in [0.29, 0.717) is 30.0 Å². The van der Waals surface area contributed by atoms with Crippen molar-refractivity contribution < 1.29 is 22.8 Å². The number of oxime groups is 1. The van der Waals surface area contributed by atoms with Gasteiger partial charge in [0.2, 0.25) is 0 Å². The van der Waals surface area contributed by atoms with Crippen molar-refractivity contribution in [3.05, 3.63) is 41.5 Å². The summed E-state index contributed by atoms with van der Waals surface area (Å²) >= 11 is 0.855. The lowest BCUT2D eigenvalue weighted by Crippen LogP contribution is -2.20. The van der Waals surface area contributed by atoms with Crippen LogP contribution in [0, 0.1) is 13.8 Å². The van der Waals surface area contributed by atoms with Crippen molar-refractivity contribution in [1.82, 2.24) is 19.1 Å². The molecule has 11 heteroatoms. The zero-order valence-corrected chi connectivity index (χ0v) is 17.3. The average molecular weight is 429 g/mol. The number of aromatic nitrogens is 3. The van der Waals surface area contributed by atoms with E-state index >= 15 is 0 Å². The fourth-order valence-corrected chi connectivity index (χ4v) is 3.36. The van der Waals surface area contributed by atoms with Gasteiger partial charge in [0.25, 0.3) is 0 Å². The van der Waals surface area contributed by atoms with Gasteiger partial charge in [-0.3, -0.25) is 9.52 Å². The predicted octanol–water partition coefficient (Wildman–Crippen LogP) is 4.85. The van der Waals surface area contributed by atoms with Crippen LogP contribution in [-0.2, 0) is 17.6 Å². The van der Waals surface area contributed by atoms with Gasteiger partial charge in [-0.15, -0.1) is 0 Å². The van der Waals surface area contributed by atoms with Gasteiger partial charge in [-0.05, 0) is 49.4 Å². The van der Waals surface area contributed by atoms with E-state index in [9.17, 15) is 18.0 Å². The first-order valence-electron chi connectivity index (χ1n) is 8.81. The van der Waals surface area contributed by atoms with Crippen molar-refractivity contribution in [2.75, 3.05) is 7.05 Å². The molecule has 0 bridgehead atoms. The average Bonchev–Trinajstić information content (AvgIpc) is 3.16. The van der Waals surface area contributed by atoms with Crippen molar-refractivity contribution in [1.29, 1.82) is 0 Å². The summed E-state index contributed by atoms with van der Waals surface area (Å²) < 4.78 is 42.5. The molecule has 0 aliphatic carbocycles. The summed E-state index contributed by atoms with van der Waals surface area (Å²) in [5.41, 5.74) is 0.156. The van der Waals surface area contributed by atoms with Gasteiger partial charge < -0.3 is 0 Å². The Morgan fingerprint density at radius 3 is 2.66 bits per heavy atom. The molecule has 0 atom stereocenters. The zero-order chi connectivity index (χ0) is 21.6. The third-order valence-electron chi connectivity index (χ3n) is 4.16. The fraction of sp³-hybridized carbons (Fsp3) is 0.444. The molecule has 0 saturated carbocycles. The van der Waals surface area contributed by atoms with Crippen molar-refractivity contribution in [2.24, 2.45) is 5.16 Å². The summed E-state index contributed by atoms with van der Waals surface area (Å²) in [6.07, 6.45) is -1.15. The van der Waals surface area contributed by atoms with E-state index in [1.54, 1.807) is 17.1 Å². The van der Waals surface area contributed by atoms with Crippen molar-refractivity contribution in [2.45, 2.75) is 51.2 Å². The van der Waals surface area contributed by atoms with Crippen LogP contribution >= 0.6 is 11.9 Å². The van der Waals surface area contributed by atoms with Crippen LogP contribution in [0.5, 0.6) is 0 Å². The van der Waals surface area contributed by atoms with Gasteiger partial charge in [0.15, 0.2) is 0 Å². The number of hydrogen-bond donors (Lipinski definition) is 0. The van der Waals surface area contributed by atoms with Crippen LogP contribution in [0.4, 0.5) is 18.0 Å². The van der Waals surface area contributed by atoms with Crippen LogP contribution < -0.4 is 0 Å². The molecular weight excluding hydrogens is 407 g/mol. The van der Waals surface area contributed by atoms with Crippen LogP contribution in [0.2, 0.25) is 0 Å². The topological polar surface area (TPSA) is 72.6 Å². The number of alkyl halides is 3. The van der Waals surface area contributed by atoms with Gasteiger partial charge in [0.05, 0.1) is 11.3 Å². The second kappa shape index (κ2) is 9.77. The highest BCUT2D eigenvalue weighted by Gasteiger charge is 2.35. The number of nitrogens with zero attached hydrogens (tertiary/aromatic N) is 5. The Morgan fingerprint density at radius 1 is 1.34 bits per heavy atom. The maximum atomic E-state index is 13.3. The zero-order valence-electron chi connectivity index (χ0n) is 16.5. The van der Waals surface area contributed by atoms with Crippen LogP contribution in [0.3, 0.4) is 0 Å². The second-order valence-corrected chi connectivity index (χ2v) is 7.41. The quantitative estimate of drug-likeness (QED) is 0.272. The van der Waals surface area contributed by atoms with Gasteiger partial charge in [-0.2, -0.15) is 18.3 Å². The first-order valence-corrected chi connectivity index (χ1v) is 9.59. The van der Waals surface area contributed by atoms with Crippen molar-refractivity contribution >= 4 is 23.8 Å². The summed E-state index contributed by atoms with van der Waals surface area (Å²) in [5, 5.41) is 7.85. The molecule has 1 heterocycles. The smallest absolute Gasteiger partial charge is 0.297 e. The molecule has 0 spiro atoms. The van der Waals surface area contributed by atoms with Gasteiger partial charge >= 0.3 is 12.3 Å². The van der Waals surface area contributed by atoms with Crippen LogP contribution in [0.15, 0.2) is 34.8 Å². The Kier molecular flexibility index (Phi) is 7.66. The van der Waals surface area contributed by atoms with Crippen LogP contribution in [-0.4, -0.2) is 37.9 Å². The summed E-state index contributed by atoms with van der Waals surface area (Å²) in [6, 6.07) is 2.93. The molecule has 29 heavy (non-hydrogen) atoms. The molecule has 0 saturated heterocycles. The number of rotatable bonds is 7. The minimum atomic E-state index is -4.46. The SMILES string of the molecule is CC/C(CCn1cncn1)=N\OC(=O)N(C)Sc1ccc(C)c(C(F)(F)F)c1C. The molecule has 7 nitrogen and oxygen atoms in total. The summed E-state index contributed by atoms with van der Waals surface area (Å²) in [6.45, 7) is 5.20. The second-order valence-electron chi connectivity index (χ2n) is 6.24. The largest absolute Gasteiger partial charge is 0.446 e. The Bertz CT molecular complexity index is 869. The first-order chi connectivity index (χ1) is 13.6. The van der Waals surface area contributed by atoms with Gasteiger partial charge in [-0.25, -0.2) is 14.1 Å². The number of hydrogen-bond acceptors (Lipinski definition) is 6. The Balaban J connectivity index is 2.01. The number of aryl methyl sites for hydroxylation is 2. The molecule has 1 aromatic heterocycles. The molecule has 0 N–H and O–H groups in total. The maximum Gasteiger partial charge on any atom is 0.446 e. The van der Waals surface area contributed by atoms with E-state index in [0.717, 1.165) is 16.3 Å². The fourth-order valence-electron chi connectivity index (χ4n) is 2.59. The Hall–Kier alpha value is -2.56. The van der Waals surface area contributed by atoms with Gasteiger partial charge in [0, 0.05) is 24.9 Å². The third-order valence-corrected chi connectivity index (χ3v) is 5.22. The Labute approximate surface area is 171 Å². The Morgan fingerprint density at radius 2 is 2.07 bits per heavy atom. The van der Waals surface area contributed by atoms with Gasteiger partial charge in [0.1, 0.15) is 12.7 Å². The predicted molar refractivity (Wildman–Crippen MR) is 103 cm³/mol. The minimum Gasteiger partial charge on any atom is -0.297 e. The molecule has 0 unspecified atom stereocenters. The third kappa shape index (κ3) is 6.21. The van der Waals surface area contributed by atoms with E-state index in [2.05, 4.69) is 15.2 Å². The van der Waals surface area contributed by atoms with Crippen molar-refractivity contribution in [3.8, 4) is 0 Å². The molecule has 158 valence electrons. The molecule has 2 aromatic rings. The van der Waals surface area contributed by atoms with Crippen molar-refractivity contribution in [3.63, 3.8) is 0 Å². The molecule has 1 amide bonds. The lowest BCUT2D eigenvalue weighted by Gasteiger charge is -2.19. The lowest BCUT2D eigenvalue weighted by molar-refractivity contribution is -0.138. The van der Waals surface area contributed by atoms with Crippen LogP contribution in [0.25, 0.3) is 0 Å². The highest BCUT2D eigenvalue weighted by molar-refractivity contribution is 7.97. The van der Waals surface area contributed by atoms with E-state index < -0.39 is 17.8 Å². The molecule has 0 aliphatic rings. The maximum absolute atomic E-state index is 13.3. The minimum absolute atomic E-state index is 0.0627. The standard InChI is InChI=1S/C18H22F3N5O2S/c1-5-14(8-9-26-11-22-10-23-26)24-28-17(27)25(4)29-15-7-6-12(2)16(13(15)3)18(19,20)21/h6-7,10-11H,5,8-9H2,1-4H3/b24-14+. The molecule has 2 rings (SSSR count). The highest BCUT2D eigenvalue weighted by atomic mass is 32.2. The molecule has 1 aromatic carbocycles. The van der Waals surface area contributed by atoms with Gasteiger partial charge in [-0.1, -0.05) is 18.1 Å². The normalized spacial score (nSPS) is 12.2. The summed E-state index contributed by atoms with van der Waals surface area (Å²) in [7, 11) is 1.41. The first kappa shape index (κ1) is 22.7. The monoisotopic (exact) mass is 429 g/mol. The number of halogens is 3. The summed E-state index contributed by atoms with van der Waals surface area (Å²) in [4.78, 5) is 21.3. The number of carbonyl (C=O) groups excluding carboxylic acids is 1.